The van der Waals surface area contributed by atoms with Crippen LogP contribution in [0, 0.1) is 0 Å². The van der Waals surface area contributed by atoms with Crippen molar-refractivity contribution < 1.29 is 32.5 Å². The van der Waals surface area contributed by atoms with Gasteiger partial charge in [0.15, 0.2) is 0 Å². The Morgan fingerprint density at radius 2 is 1.83 bits per heavy atom. The summed E-state index contributed by atoms with van der Waals surface area (Å²) in [5.74, 6) is -0.216. The van der Waals surface area contributed by atoms with E-state index in [1.165, 1.54) is 25.1 Å². The molecule has 0 radical (unpaired) electrons. The highest BCUT2D eigenvalue weighted by molar-refractivity contribution is 5.60. The van der Waals surface area contributed by atoms with E-state index in [1.807, 2.05) is 0 Å². The molecule has 160 valence electrons. The molecule has 0 aliphatic carbocycles. The van der Waals surface area contributed by atoms with Gasteiger partial charge < -0.3 is 20.7 Å². The van der Waals surface area contributed by atoms with Crippen LogP contribution in [0.3, 0.4) is 0 Å². The molecule has 10 heteroatoms. The molecule has 2 rings (SSSR count). The number of nitrogens with zero attached hydrogens (tertiary/aromatic N) is 2. The fourth-order valence-electron chi connectivity index (χ4n) is 2.85. The van der Waals surface area contributed by atoms with Crippen LogP contribution in [0.15, 0.2) is 30.5 Å². The topological polar surface area (TPSA) is 101 Å². The molecule has 2 aromatic rings. The van der Waals surface area contributed by atoms with Gasteiger partial charge in [-0.2, -0.15) is 0 Å². The predicted octanol–water partition coefficient (Wildman–Crippen LogP) is 3.25. The first-order valence-electron chi connectivity index (χ1n) is 8.72. The van der Waals surface area contributed by atoms with E-state index in [9.17, 15) is 22.7 Å². The smallest absolute Gasteiger partial charge is 0.284 e. The molecule has 4 N–H and O–H groups in total. The molecular weight excluding hydrogens is 394 g/mol. The van der Waals surface area contributed by atoms with Crippen LogP contribution in [0.5, 0.6) is 5.75 Å². The lowest BCUT2D eigenvalue weighted by molar-refractivity contribution is -0.0255. The first-order chi connectivity index (χ1) is 13.4. The summed E-state index contributed by atoms with van der Waals surface area (Å²) in [4.78, 5) is 7.39. The predicted molar refractivity (Wildman–Crippen MR) is 97.8 cm³/mol. The fourth-order valence-corrected chi connectivity index (χ4v) is 2.85. The highest BCUT2D eigenvalue weighted by Crippen LogP contribution is 2.32. The van der Waals surface area contributed by atoms with Gasteiger partial charge in [-0.25, -0.2) is 22.5 Å². The minimum atomic E-state index is -2.98. The molecule has 0 saturated carbocycles. The molecule has 6 nitrogen and oxygen atoms in total. The molecule has 0 amide bonds. The molecule has 0 bridgehead atoms. The number of nitrogens with two attached hydrogens (primary N) is 1. The number of ether oxygens (including phenoxy) is 1. The Kier molecular flexibility index (Phi) is 7.15. The molecule has 2 aromatic heterocycles. The van der Waals surface area contributed by atoms with Crippen molar-refractivity contribution in [2.24, 2.45) is 5.73 Å². The lowest BCUT2D eigenvalue weighted by atomic mass is 9.89. The summed E-state index contributed by atoms with van der Waals surface area (Å²) in [6.45, 7) is 2.19. The van der Waals surface area contributed by atoms with Crippen LogP contribution in [-0.4, -0.2) is 44.5 Å². The number of pyridine rings is 2. The Labute approximate surface area is 165 Å². The maximum Gasteiger partial charge on any atom is 0.284 e. The van der Waals surface area contributed by atoms with Gasteiger partial charge in [0.25, 0.3) is 12.9 Å². The summed E-state index contributed by atoms with van der Waals surface area (Å²) >= 11 is 0. The van der Waals surface area contributed by atoms with E-state index in [-0.39, 0.29) is 30.0 Å². The van der Waals surface area contributed by atoms with E-state index in [0.29, 0.717) is 0 Å². The molecule has 2 heterocycles. The number of aliphatic hydroxyl groups excluding tert-OH is 1. The molecule has 0 unspecified atom stereocenters. The zero-order valence-corrected chi connectivity index (χ0v) is 15.9. The van der Waals surface area contributed by atoms with Crippen molar-refractivity contribution in [3.63, 3.8) is 0 Å². The number of hydrogen-bond acceptors (Lipinski definition) is 6. The molecule has 29 heavy (non-hydrogen) atoms. The summed E-state index contributed by atoms with van der Waals surface area (Å²) in [6.07, 6.45) is -4.67. The van der Waals surface area contributed by atoms with Crippen LogP contribution in [0.25, 0.3) is 11.3 Å². The molecule has 0 aromatic carbocycles. The van der Waals surface area contributed by atoms with E-state index in [2.05, 4.69) is 9.97 Å². The maximum absolute atomic E-state index is 13.5. The second kappa shape index (κ2) is 9.02. The third kappa shape index (κ3) is 6.34. The Morgan fingerprint density at radius 3 is 2.41 bits per heavy atom. The first kappa shape index (κ1) is 23.0. The van der Waals surface area contributed by atoms with Crippen molar-refractivity contribution in [1.29, 1.82) is 0 Å². The van der Waals surface area contributed by atoms with Crippen molar-refractivity contribution in [2.45, 2.75) is 44.3 Å². The van der Waals surface area contributed by atoms with Crippen LogP contribution in [0.1, 0.15) is 44.5 Å². The zero-order chi connectivity index (χ0) is 21.8. The van der Waals surface area contributed by atoms with E-state index in [0.717, 1.165) is 12.3 Å². The fraction of sp³-hybridized carbons (Fsp3) is 0.474. The van der Waals surface area contributed by atoms with Crippen molar-refractivity contribution in [2.75, 3.05) is 13.2 Å². The van der Waals surface area contributed by atoms with Gasteiger partial charge in [0.05, 0.1) is 17.9 Å². The normalized spacial score (nSPS) is 16.0. The van der Waals surface area contributed by atoms with Crippen molar-refractivity contribution >= 4 is 0 Å². The third-order valence-electron chi connectivity index (χ3n) is 4.08. The summed E-state index contributed by atoms with van der Waals surface area (Å²) in [5, 5.41) is 19.1. The SMILES string of the molecule is C[C@@](N)(COc1ccc(-c2ccnc(C(F)F)c2)nc1C(F)F)C[C@@](C)(O)CO. The second-order valence-corrected chi connectivity index (χ2v) is 7.43. The quantitative estimate of drug-likeness (QED) is 0.542. The van der Waals surface area contributed by atoms with Gasteiger partial charge in [0.2, 0.25) is 0 Å². The molecular formula is C19H23F4N3O3. The highest BCUT2D eigenvalue weighted by atomic mass is 19.3. The van der Waals surface area contributed by atoms with E-state index in [4.69, 9.17) is 15.6 Å². The number of alkyl halides is 4. The number of aromatic nitrogens is 2. The van der Waals surface area contributed by atoms with Crippen LogP contribution < -0.4 is 10.5 Å². The third-order valence-corrected chi connectivity index (χ3v) is 4.08. The molecule has 2 atom stereocenters. The lowest BCUT2D eigenvalue weighted by Crippen LogP contribution is -2.50. The maximum atomic E-state index is 13.5. The minimum Gasteiger partial charge on any atom is -0.490 e. The van der Waals surface area contributed by atoms with Crippen LogP contribution >= 0.6 is 0 Å². The number of aliphatic hydroxyl groups is 2. The lowest BCUT2D eigenvalue weighted by Gasteiger charge is -2.32. The number of hydrogen-bond donors (Lipinski definition) is 3. The van der Waals surface area contributed by atoms with Crippen molar-refractivity contribution in [3.05, 3.63) is 41.9 Å². The Morgan fingerprint density at radius 1 is 1.14 bits per heavy atom. The van der Waals surface area contributed by atoms with Gasteiger partial charge in [0, 0.05) is 17.3 Å². The molecule has 0 aliphatic heterocycles. The summed E-state index contributed by atoms with van der Waals surface area (Å²) in [6, 6.07) is 5.09. The van der Waals surface area contributed by atoms with Crippen LogP contribution in [-0.2, 0) is 0 Å². The van der Waals surface area contributed by atoms with E-state index in [1.54, 1.807) is 6.92 Å². The average Bonchev–Trinajstić information content (AvgIpc) is 2.65. The zero-order valence-electron chi connectivity index (χ0n) is 15.9. The Hall–Kier alpha value is -2.30. The van der Waals surface area contributed by atoms with Crippen molar-refractivity contribution in [3.8, 4) is 17.0 Å². The monoisotopic (exact) mass is 417 g/mol. The Balaban J connectivity index is 2.25. The molecule has 0 spiro atoms. The first-order valence-corrected chi connectivity index (χ1v) is 8.72. The van der Waals surface area contributed by atoms with Gasteiger partial charge in [-0.1, -0.05) is 0 Å². The second-order valence-electron chi connectivity index (χ2n) is 7.43. The number of rotatable bonds is 9. The van der Waals surface area contributed by atoms with Gasteiger partial charge in [-0.05, 0) is 44.5 Å². The Bertz CT molecular complexity index is 832. The number of halogens is 4. The van der Waals surface area contributed by atoms with Crippen LogP contribution in [0.2, 0.25) is 0 Å². The van der Waals surface area contributed by atoms with Gasteiger partial charge in [-0.15, -0.1) is 0 Å². The van der Waals surface area contributed by atoms with Gasteiger partial charge in [-0.3, -0.25) is 4.98 Å². The van der Waals surface area contributed by atoms with E-state index < -0.39 is 42.0 Å². The van der Waals surface area contributed by atoms with Gasteiger partial charge in [0.1, 0.15) is 23.7 Å². The van der Waals surface area contributed by atoms with Gasteiger partial charge >= 0.3 is 0 Å². The summed E-state index contributed by atoms with van der Waals surface area (Å²) in [5.41, 5.74) is 2.59. The average molecular weight is 417 g/mol. The van der Waals surface area contributed by atoms with Crippen LogP contribution in [0.4, 0.5) is 17.6 Å². The standard InChI is InChI=1S/C19H23F4N3O3/c1-18(24,8-19(2,28)9-27)10-29-14-4-3-12(26-15(14)17(22)23)11-5-6-25-13(7-11)16(20)21/h3-7,16-17,27-28H,8-10,24H2,1-2H3/t18-,19+/m0/s1. The minimum absolute atomic E-state index is 0.0422. The molecule has 0 fully saturated rings. The van der Waals surface area contributed by atoms with Crippen molar-refractivity contribution in [1.82, 2.24) is 9.97 Å². The highest BCUT2D eigenvalue weighted by Gasteiger charge is 2.32. The summed E-state index contributed by atoms with van der Waals surface area (Å²) < 4.78 is 58.1. The summed E-state index contributed by atoms with van der Waals surface area (Å²) in [7, 11) is 0. The molecule has 0 saturated heterocycles. The van der Waals surface area contributed by atoms with E-state index >= 15 is 0 Å². The largest absolute Gasteiger partial charge is 0.490 e. The molecule has 0 aliphatic rings.